The first-order chi connectivity index (χ1) is 17.5. The molecular formula is C25H34F3N5O4. The van der Waals surface area contributed by atoms with Crippen molar-refractivity contribution < 1.29 is 32.3 Å². The van der Waals surface area contributed by atoms with Crippen molar-refractivity contribution in [2.75, 3.05) is 45.9 Å². The predicted molar refractivity (Wildman–Crippen MR) is 130 cm³/mol. The molecule has 2 N–H and O–H groups in total. The van der Waals surface area contributed by atoms with E-state index in [0.29, 0.717) is 31.9 Å². The topological polar surface area (TPSA) is 94.2 Å². The van der Waals surface area contributed by atoms with Gasteiger partial charge in [0, 0.05) is 51.0 Å². The molecule has 2 aliphatic heterocycles. The number of nitrogens with one attached hydrogen (secondary N) is 2. The fraction of sp³-hybridized carbons (Fsp3) is 0.560. The van der Waals surface area contributed by atoms with Gasteiger partial charge in [0.1, 0.15) is 0 Å². The second-order valence-electron chi connectivity index (χ2n) is 8.91. The van der Waals surface area contributed by atoms with Gasteiger partial charge < -0.3 is 20.3 Å². The van der Waals surface area contributed by atoms with Crippen molar-refractivity contribution >= 4 is 18.0 Å². The van der Waals surface area contributed by atoms with E-state index in [1.807, 2.05) is 18.7 Å². The zero-order valence-electron chi connectivity index (χ0n) is 21.5. The summed E-state index contributed by atoms with van der Waals surface area (Å²) >= 11 is 0. The van der Waals surface area contributed by atoms with E-state index >= 15 is 0 Å². The van der Waals surface area contributed by atoms with Crippen LogP contribution >= 0.6 is 0 Å². The van der Waals surface area contributed by atoms with Gasteiger partial charge in [-0.3, -0.25) is 9.80 Å². The number of benzene rings is 1. The number of carbonyl (C=O) groups is 3. The van der Waals surface area contributed by atoms with Gasteiger partial charge in [-0.1, -0.05) is 18.2 Å². The summed E-state index contributed by atoms with van der Waals surface area (Å²) in [5, 5.41) is 5.38. The molecule has 0 unspecified atom stereocenters. The van der Waals surface area contributed by atoms with Crippen LogP contribution in [0, 0.1) is 0 Å². The number of hydrogen-bond donors (Lipinski definition) is 2. The Kier molecular flexibility index (Phi) is 9.06. The summed E-state index contributed by atoms with van der Waals surface area (Å²) in [6.45, 7) is 9.27. The Morgan fingerprint density at radius 3 is 2.46 bits per heavy atom. The van der Waals surface area contributed by atoms with Crippen LogP contribution in [0.15, 0.2) is 35.5 Å². The molecule has 0 bridgehead atoms. The van der Waals surface area contributed by atoms with E-state index in [9.17, 15) is 27.6 Å². The predicted octanol–water partition coefficient (Wildman–Crippen LogP) is 3.34. The van der Waals surface area contributed by atoms with Gasteiger partial charge in [0.05, 0.1) is 23.8 Å². The van der Waals surface area contributed by atoms with Crippen LogP contribution in [0.2, 0.25) is 0 Å². The van der Waals surface area contributed by atoms with Gasteiger partial charge in [-0.05, 0) is 39.3 Å². The Balaban J connectivity index is 2.05. The number of urea groups is 2. The van der Waals surface area contributed by atoms with Crippen molar-refractivity contribution in [1.82, 2.24) is 25.3 Å². The van der Waals surface area contributed by atoms with Gasteiger partial charge in [-0.25, -0.2) is 14.4 Å². The maximum atomic E-state index is 13.9. The van der Waals surface area contributed by atoms with Crippen LogP contribution in [0.1, 0.15) is 44.9 Å². The number of alkyl halides is 3. The first-order valence-electron chi connectivity index (χ1n) is 12.4. The van der Waals surface area contributed by atoms with Gasteiger partial charge in [-0.15, -0.1) is 0 Å². The monoisotopic (exact) mass is 525 g/mol. The average Bonchev–Trinajstić information content (AvgIpc) is 2.83. The minimum atomic E-state index is -4.69. The summed E-state index contributed by atoms with van der Waals surface area (Å²) in [4.78, 5) is 43.7. The van der Waals surface area contributed by atoms with Crippen molar-refractivity contribution in [3.63, 3.8) is 0 Å². The lowest BCUT2D eigenvalue weighted by Gasteiger charge is -2.43. The van der Waals surface area contributed by atoms with Crippen LogP contribution in [-0.4, -0.2) is 84.6 Å². The van der Waals surface area contributed by atoms with E-state index in [4.69, 9.17) is 4.74 Å². The molecule has 1 saturated heterocycles. The van der Waals surface area contributed by atoms with Crippen molar-refractivity contribution in [2.45, 2.75) is 46.0 Å². The largest absolute Gasteiger partial charge is 0.463 e. The molecule has 2 heterocycles. The molecule has 204 valence electrons. The minimum Gasteiger partial charge on any atom is -0.463 e. The number of carbonyl (C=O) groups excluding carboxylic acids is 3. The Hall–Kier alpha value is -3.28. The molecule has 4 amide bonds. The molecule has 1 fully saturated rings. The molecule has 2 atom stereocenters. The van der Waals surface area contributed by atoms with Crippen molar-refractivity contribution in [2.24, 2.45) is 0 Å². The number of nitrogens with zero attached hydrogens (tertiary/aromatic N) is 3. The Morgan fingerprint density at radius 1 is 1.16 bits per heavy atom. The van der Waals surface area contributed by atoms with Gasteiger partial charge in [0.25, 0.3) is 0 Å². The number of esters is 1. The zero-order chi connectivity index (χ0) is 27.3. The van der Waals surface area contributed by atoms with Gasteiger partial charge in [0.15, 0.2) is 0 Å². The molecule has 0 spiro atoms. The second kappa shape index (κ2) is 11.8. The number of hydrogen-bond acceptors (Lipinski definition) is 5. The van der Waals surface area contributed by atoms with Crippen LogP contribution in [0.5, 0.6) is 0 Å². The summed E-state index contributed by atoms with van der Waals surface area (Å²) in [6.07, 6.45) is -4.69. The second-order valence-corrected chi connectivity index (χ2v) is 8.91. The molecule has 0 radical (unpaired) electrons. The Labute approximate surface area is 214 Å². The van der Waals surface area contributed by atoms with E-state index in [2.05, 4.69) is 10.6 Å². The lowest BCUT2D eigenvalue weighted by atomic mass is 9.90. The molecule has 0 aromatic heterocycles. The third-order valence-electron chi connectivity index (χ3n) is 6.50. The molecule has 2 aliphatic rings. The average molecular weight is 526 g/mol. The molecule has 12 heteroatoms. The van der Waals surface area contributed by atoms with Crippen LogP contribution in [0.3, 0.4) is 0 Å². The molecule has 37 heavy (non-hydrogen) atoms. The van der Waals surface area contributed by atoms with E-state index in [1.165, 1.54) is 23.1 Å². The number of amides is 4. The standard InChI is InChI=1S/C25H34F3N5O4/c1-5-29-23(35)33-13-12-31(14-16(33)4)15-19-20(22(34)37-7-3)21(30-24(36)32(19)6-2)17-10-8-9-11-18(17)25(26,27)28/h8-11,16,21H,5-7,12-15H2,1-4H3,(H,29,35)(H,30,36)/t16-,21+/m1/s1. The van der Waals surface area contributed by atoms with Crippen molar-refractivity contribution in [1.29, 1.82) is 0 Å². The summed E-state index contributed by atoms with van der Waals surface area (Å²) < 4.78 is 46.9. The maximum Gasteiger partial charge on any atom is 0.416 e. The number of ether oxygens (including phenoxy) is 1. The molecule has 0 saturated carbocycles. The van der Waals surface area contributed by atoms with Gasteiger partial charge in [-0.2, -0.15) is 13.2 Å². The molecule has 0 aliphatic carbocycles. The lowest BCUT2D eigenvalue weighted by Crippen LogP contribution is -2.58. The van der Waals surface area contributed by atoms with E-state index < -0.39 is 29.8 Å². The third kappa shape index (κ3) is 6.17. The number of halogens is 3. The summed E-state index contributed by atoms with van der Waals surface area (Å²) in [5.74, 6) is -0.785. The molecule has 1 aromatic rings. The highest BCUT2D eigenvalue weighted by molar-refractivity contribution is 5.95. The van der Waals surface area contributed by atoms with Crippen LogP contribution < -0.4 is 10.6 Å². The van der Waals surface area contributed by atoms with Gasteiger partial charge >= 0.3 is 24.2 Å². The van der Waals surface area contributed by atoms with Crippen molar-refractivity contribution in [3.8, 4) is 0 Å². The fourth-order valence-electron chi connectivity index (χ4n) is 4.84. The van der Waals surface area contributed by atoms with Crippen LogP contribution in [0.25, 0.3) is 0 Å². The zero-order valence-corrected chi connectivity index (χ0v) is 21.5. The third-order valence-corrected chi connectivity index (χ3v) is 6.50. The minimum absolute atomic E-state index is 0.0194. The first-order valence-corrected chi connectivity index (χ1v) is 12.4. The molecule has 1 aromatic carbocycles. The highest BCUT2D eigenvalue weighted by Crippen LogP contribution is 2.39. The summed E-state index contributed by atoms with van der Waals surface area (Å²) in [7, 11) is 0. The smallest absolute Gasteiger partial charge is 0.416 e. The van der Waals surface area contributed by atoms with E-state index in [0.717, 1.165) is 6.07 Å². The van der Waals surface area contributed by atoms with Crippen LogP contribution in [-0.2, 0) is 15.7 Å². The lowest BCUT2D eigenvalue weighted by molar-refractivity contribution is -0.141. The molecular weight excluding hydrogens is 491 g/mol. The normalized spacial score (nSPS) is 21.1. The number of piperazine rings is 1. The number of rotatable bonds is 7. The molecule has 9 nitrogen and oxygen atoms in total. The van der Waals surface area contributed by atoms with Crippen LogP contribution in [0.4, 0.5) is 22.8 Å². The fourth-order valence-corrected chi connectivity index (χ4v) is 4.84. The van der Waals surface area contributed by atoms with E-state index in [1.54, 1.807) is 18.7 Å². The van der Waals surface area contributed by atoms with Gasteiger partial charge in [0.2, 0.25) is 0 Å². The summed E-state index contributed by atoms with van der Waals surface area (Å²) in [5.41, 5.74) is -0.895. The highest BCUT2D eigenvalue weighted by atomic mass is 19.4. The SMILES string of the molecule is CCNC(=O)N1CCN(CC2=C(C(=O)OCC)[C@H](c3ccccc3C(F)(F)F)NC(=O)N2CC)C[C@H]1C. The quantitative estimate of drug-likeness (QED) is 0.533. The Bertz CT molecular complexity index is 1050. The van der Waals surface area contributed by atoms with E-state index in [-0.39, 0.29) is 42.9 Å². The maximum absolute atomic E-state index is 13.9. The first kappa shape index (κ1) is 28.3. The van der Waals surface area contributed by atoms with Crippen molar-refractivity contribution in [3.05, 3.63) is 46.7 Å². The highest BCUT2D eigenvalue weighted by Gasteiger charge is 2.43. The number of likely N-dealkylation sites (N-methyl/N-ethyl adjacent to an activating group) is 1. The molecule has 3 rings (SSSR count). The Morgan fingerprint density at radius 2 is 1.86 bits per heavy atom. The summed E-state index contributed by atoms with van der Waals surface area (Å²) in [6, 6.07) is 2.64.